The number of carbonyl (C=O) groups is 3. The van der Waals surface area contributed by atoms with E-state index in [4.69, 9.17) is 5.73 Å². The summed E-state index contributed by atoms with van der Waals surface area (Å²) in [5.74, 6) is -1.17. The molecule has 0 aliphatic rings. The number of primary amides is 1. The normalized spacial score (nSPS) is 10.9. The summed E-state index contributed by atoms with van der Waals surface area (Å²) in [6, 6.07) is 10.5. The first-order chi connectivity index (χ1) is 12.6. The maximum absolute atomic E-state index is 13.1. The molecule has 0 radical (unpaired) electrons. The van der Waals surface area contributed by atoms with Crippen LogP contribution >= 0.6 is 0 Å². The average molecular weight is 366 g/mol. The van der Waals surface area contributed by atoms with E-state index >= 15 is 0 Å². The zero-order valence-corrected chi connectivity index (χ0v) is 16.4. The summed E-state index contributed by atoms with van der Waals surface area (Å²) in [6.45, 7) is 9.56. The van der Waals surface area contributed by atoms with Crippen molar-refractivity contribution in [2.75, 3.05) is 5.32 Å². The van der Waals surface area contributed by atoms with Crippen molar-refractivity contribution in [3.63, 3.8) is 0 Å². The molecule has 2 aromatic carbocycles. The van der Waals surface area contributed by atoms with Gasteiger partial charge in [0.2, 0.25) is 5.91 Å². The quantitative estimate of drug-likeness (QED) is 0.738. The minimum Gasteiger partial charge on any atom is -0.366 e. The lowest BCUT2D eigenvalue weighted by Gasteiger charge is -2.21. The molecule has 0 bridgehead atoms. The van der Waals surface area contributed by atoms with Crippen LogP contribution in [0.3, 0.4) is 0 Å². The number of nitrogens with one attached hydrogen (secondary N) is 1. The van der Waals surface area contributed by atoms with Crippen molar-refractivity contribution in [1.82, 2.24) is 0 Å². The van der Waals surface area contributed by atoms with E-state index in [2.05, 4.69) is 5.32 Å². The van der Waals surface area contributed by atoms with Gasteiger partial charge in [-0.3, -0.25) is 14.4 Å². The number of ketones is 1. The van der Waals surface area contributed by atoms with E-state index < -0.39 is 11.8 Å². The van der Waals surface area contributed by atoms with Crippen molar-refractivity contribution in [3.8, 4) is 0 Å². The molecule has 3 N–H and O–H groups in total. The molecule has 0 aliphatic heterocycles. The SMILES string of the molecule is CC(=O)c1cccc(C(N)=O)c1C(=O)Nc1c(C(C)C)cccc1C(C)C. The molecule has 0 fully saturated rings. The van der Waals surface area contributed by atoms with Crippen LogP contribution in [0.4, 0.5) is 5.69 Å². The molecule has 2 amide bonds. The topological polar surface area (TPSA) is 89.3 Å². The molecule has 5 heteroatoms. The number of rotatable bonds is 6. The molecule has 27 heavy (non-hydrogen) atoms. The molecule has 0 aliphatic carbocycles. The fraction of sp³-hybridized carbons (Fsp3) is 0.318. The fourth-order valence-corrected chi connectivity index (χ4v) is 3.17. The summed E-state index contributed by atoms with van der Waals surface area (Å²) in [7, 11) is 0. The standard InChI is InChI=1S/C22H26N2O3/c1-12(2)15-8-6-9-16(13(3)4)20(15)24-22(27)19-17(14(5)25)10-7-11-18(19)21(23)26/h6-13H,1-5H3,(H2,23,26)(H,24,27). The van der Waals surface area contributed by atoms with Gasteiger partial charge >= 0.3 is 0 Å². The van der Waals surface area contributed by atoms with Crippen LogP contribution in [0.15, 0.2) is 36.4 Å². The first kappa shape index (κ1) is 20.4. The maximum atomic E-state index is 13.1. The van der Waals surface area contributed by atoms with Gasteiger partial charge in [-0.05, 0) is 36.0 Å². The summed E-state index contributed by atoms with van der Waals surface area (Å²) in [5.41, 5.74) is 8.39. The lowest BCUT2D eigenvalue weighted by Crippen LogP contribution is -2.24. The number of anilines is 1. The highest BCUT2D eigenvalue weighted by molar-refractivity contribution is 6.18. The Kier molecular flexibility index (Phi) is 6.16. The number of para-hydroxylation sites is 1. The van der Waals surface area contributed by atoms with Crippen LogP contribution in [0.5, 0.6) is 0 Å². The number of nitrogens with two attached hydrogens (primary N) is 1. The van der Waals surface area contributed by atoms with E-state index in [0.717, 1.165) is 16.8 Å². The first-order valence-electron chi connectivity index (χ1n) is 9.03. The second-order valence-corrected chi connectivity index (χ2v) is 7.22. The van der Waals surface area contributed by atoms with E-state index in [0.29, 0.717) is 0 Å². The van der Waals surface area contributed by atoms with Crippen LogP contribution in [0.2, 0.25) is 0 Å². The highest BCUT2D eigenvalue weighted by atomic mass is 16.2. The van der Waals surface area contributed by atoms with Crippen LogP contribution in [0, 0.1) is 0 Å². The van der Waals surface area contributed by atoms with Gasteiger partial charge in [-0.25, -0.2) is 0 Å². The van der Waals surface area contributed by atoms with Gasteiger partial charge in [0.25, 0.3) is 5.91 Å². The number of hydrogen-bond donors (Lipinski definition) is 2. The van der Waals surface area contributed by atoms with Gasteiger partial charge < -0.3 is 11.1 Å². The zero-order valence-electron chi connectivity index (χ0n) is 16.4. The smallest absolute Gasteiger partial charge is 0.257 e. The second kappa shape index (κ2) is 8.16. The number of carbonyl (C=O) groups excluding carboxylic acids is 3. The molecular formula is C22H26N2O3. The van der Waals surface area contributed by atoms with Gasteiger partial charge in [-0.1, -0.05) is 58.0 Å². The fourth-order valence-electron chi connectivity index (χ4n) is 3.17. The van der Waals surface area contributed by atoms with E-state index in [1.54, 1.807) is 6.07 Å². The van der Waals surface area contributed by atoms with Crippen molar-refractivity contribution in [2.45, 2.75) is 46.5 Å². The molecule has 0 saturated heterocycles. The largest absolute Gasteiger partial charge is 0.366 e. The number of Topliss-reactive ketones (excluding diaryl/α,β-unsaturated/α-hetero) is 1. The molecule has 2 aromatic rings. The first-order valence-corrected chi connectivity index (χ1v) is 9.03. The Hall–Kier alpha value is -2.95. The Morgan fingerprint density at radius 1 is 0.852 bits per heavy atom. The van der Waals surface area contributed by atoms with Crippen LogP contribution < -0.4 is 11.1 Å². The molecule has 0 aromatic heterocycles. The highest BCUT2D eigenvalue weighted by Gasteiger charge is 2.24. The van der Waals surface area contributed by atoms with Crippen molar-refractivity contribution >= 4 is 23.3 Å². The van der Waals surface area contributed by atoms with E-state index in [1.165, 1.54) is 19.1 Å². The van der Waals surface area contributed by atoms with E-state index in [9.17, 15) is 14.4 Å². The predicted molar refractivity (Wildman–Crippen MR) is 108 cm³/mol. The molecule has 0 saturated carbocycles. The van der Waals surface area contributed by atoms with Gasteiger partial charge in [-0.15, -0.1) is 0 Å². The third-order valence-electron chi connectivity index (χ3n) is 4.55. The molecular weight excluding hydrogens is 340 g/mol. The van der Waals surface area contributed by atoms with Gasteiger partial charge in [-0.2, -0.15) is 0 Å². The second-order valence-electron chi connectivity index (χ2n) is 7.22. The molecule has 0 atom stereocenters. The summed E-state index contributed by atoms with van der Waals surface area (Å²) in [6.07, 6.45) is 0. The summed E-state index contributed by atoms with van der Waals surface area (Å²) in [4.78, 5) is 37.0. The molecule has 0 unspecified atom stereocenters. The minimum atomic E-state index is -0.746. The minimum absolute atomic E-state index is 0.0192. The third kappa shape index (κ3) is 4.25. The van der Waals surface area contributed by atoms with Crippen molar-refractivity contribution in [1.29, 1.82) is 0 Å². The molecule has 0 spiro atoms. The monoisotopic (exact) mass is 366 g/mol. The lowest BCUT2D eigenvalue weighted by atomic mass is 9.92. The molecule has 142 valence electrons. The molecule has 2 rings (SSSR count). The van der Waals surface area contributed by atoms with Crippen molar-refractivity contribution in [2.24, 2.45) is 5.73 Å². The molecule has 0 heterocycles. The number of benzene rings is 2. The number of amides is 2. The summed E-state index contributed by atoms with van der Waals surface area (Å²) in [5, 5.41) is 2.95. The predicted octanol–water partition coefficient (Wildman–Crippen LogP) is 4.49. The van der Waals surface area contributed by atoms with Gasteiger partial charge in [0, 0.05) is 11.3 Å². The zero-order chi connectivity index (χ0) is 20.3. The third-order valence-corrected chi connectivity index (χ3v) is 4.55. The van der Waals surface area contributed by atoms with E-state index in [1.807, 2.05) is 45.9 Å². The number of hydrogen-bond acceptors (Lipinski definition) is 3. The Balaban J connectivity index is 2.63. The molecule has 5 nitrogen and oxygen atoms in total. The Morgan fingerprint density at radius 3 is 1.78 bits per heavy atom. The highest BCUT2D eigenvalue weighted by Crippen LogP contribution is 2.33. The maximum Gasteiger partial charge on any atom is 0.257 e. The summed E-state index contributed by atoms with van der Waals surface area (Å²) >= 11 is 0. The lowest BCUT2D eigenvalue weighted by molar-refractivity contribution is 0.0968. The Morgan fingerprint density at radius 2 is 1.33 bits per heavy atom. The Labute approximate surface area is 160 Å². The van der Waals surface area contributed by atoms with Crippen molar-refractivity contribution < 1.29 is 14.4 Å². The summed E-state index contributed by atoms with van der Waals surface area (Å²) < 4.78 is 0. The van der Waals surface area contributed by atoms with Gasteiger partial charge in [0.05, 0.1) is 11.1 Å². The van der Waals surface area contributed by atoms with Crippen LogP contribution in [-0.4, -0.2) is 17.6 Å². The van der Waals surface area contributed by atoms with Crippen LogP contribution in [0.25, 0.3) is 0 Å². The Bertz CT molecular complexity index is 840. The van der Waals surface area contributed by atoms with Gasteiger partial charge in [0.1, 0.15) is 0 Å². The van der Waals surface area contributed by atoms with Gasteiger partial charge in [0.15, 0.2) is 5.78 Å². The van der Waals surface area contributed by atoms with Crippen LogP contribution in [0.1, 0.15) is 88.7 Å². The van der Waals surface area contributed by atoms with Crippen LogP contribution in [-0.2, 0) is 0 Å². The average Bonchev–Trinajstić information content (AvgIpc) is 2.60. The van der Waals surface area contributed by atoms with E-state index in [-0.39, 0.29) is 34.3 Å². The van der Waals surface area contributed by atoms with Crippen molar-refractivity contribution in [3.05, 3.63) is 64.2 Å².